The summed E-state index contributed by atoms with van der Waals surface area (Å²) in [5.41, 5.74) is 4.32. The molecular formula is C16H20FN3O. The van der Waals surface area contributed by atoms with E-state index in [-0.39, 0.29) is 23.8 Å². The highest BCUT2D eigenvalue weighted by Gasteiger charge is 2.39. The third kappa shape index (κ3) is 2.78. The Morgan fingerprint density at radius 2 is 2.05 bits per heavy atom. The minimum absolute atomic E-state index is 0.0512. The normalized spacial score (nSPS) is 24.6. The van der Waals surface area contributed by atoms with Crippen LogP contribution in [0.4, 0.5) is 4.39 Å². The number of hydrogen-bond acceptors (Lipinski definition) is 3. The molecule has 2 atom stereocenters. The van der Waals surface area contributed by atoms with E-state index < -0.39 is 0 Å². The minimum atomic E-state index is -0.240. The number of nitrogens with zero attached hydrogens (tertiary/aromatic N) is 2. The highest BCUT2D eigenvalue weighted by Crippen LogP contribution is 2.30. The first-order valence-electron chi connectivity index (χ1n) is 7.48. The van der Waals surface area contributed by atoms with Crippen molar-refractivity contribution in [1.29, 1.82) is 0 Å². The van der Waals surface area contributed by atoms with Crippen molar-refractivity contribution in [3.05, 3.63) is 48.0 Å². The molecule has 5 heteroatoms. The van der Waals surface area contributed by atoms with Crippen molar-refractivity contribution in [2.75, 3.05) is 6.54 Å². The fourth-order valence-corrected chi connectivity index (χ4v) is 2.86. The Labute approximate surface area is 124 Å². The molecule has 1 amide bonds. The highest BCUT2D eigenvalue weighted by molar-refractivity contribution is 5.84. The van der Waals surface area contributed by atoms with Gasteiger partial charge in [0.05, 0.1) is 6.04 Å². The van der Waals surface area contributed by atoms with E-state index in [0.717, 1.165) is 24.9 Å². The minimum Gasteiger partial charge on any atom is -0.316 e. The molecule has 4 nitrogen and oxygen atoms in total. The van der Waals surface area contributed by atoms with Crippen LogP contribution in [0.2, 0.25) is 0 Å². The molecule has 2 unspecified atom stereocenters. The number of unbranched alkanes of at least 4 members (excludes halogenated alkanes) is 1. The maximum Gasteiger partial charge on any atom is 0.250 e. The quantitative estimate of drug-likeness (QED) is 0.925. The molecule has 1 fully saturated rings. The molecule has 1 N–H and O–H groups in total. The molecule has 112 valence electrons. The smallest absolute Gasteiger partial charge is 0.250 e. The summed E-state index contributed by atoms with van der Waals surface area (Å²) in [4.78, 5) is 14.3. The van der Waals surface area contributed by atoms with E-state index in [1.807, 2.05) is 17.4 Å². The molecule has 0 saturated carbocycles. The summed E-state index contributed by atoms with van der Waals surface area (Å²) < 4.78 is 13.0. The number of rotatable bonds is 4. The zero-order chi connectivity index (χ0) is 14.8. The van der Waals surface area contributed by atoms with Crippen molar-refractivity contribution >= 4 is 5.91 Å². The second-order valence-electron chi connectivity index (χ2n) is 5.58. The molecule has 0 bridgehead atoms. The van der Waals surface area contributed by atoms with Crippen molar-refractivity contribution < 1.29 is 9.18 Å². The standard InChI is InChI=1S/C16H20FN3O/c1-2-3-8-19-9-10-20-15(16(19)21)11-14(18-20)12-4-6-13(17)7-5-12/h4-7,9-10,14-15,18H,2-3,8,11H2,1H3. The van der Waals surface area contributed by atoms with Crippen molar-refractivity contribution in [1.82, 2.24) is 15.3 Å². The van der Waals surface area contributed by atoms with Crippen LogP contribution in [0, 0.1) is 5.82 Å². The first-order chi connectivity index (χ1) is 10.2. The van der Waals surface area contributed by atoms with E-state index in [1.54, 1.807) is 17.0 Å². The molecule has 3 rings (SSSR count). The van der Waals surface area contributed by atoms with E-state index in [2.05, 4.69) is 12.3 Å². The average Bonchev–Trinajstić information content (AvgIpc) is 2.92. The van der Waals surface area contributed by atoms with Crippen molar-refractivity contribution in [3.63, 3.8) is 0 Å². The second kappa shape index (κ2) is 5.85. The lowest BCUT2D eigenvalue weighted by molar-refractivity contribution is -0.134. The predicted octanol–water partition coefficient (Wildman–Crippen LogP) is 2.56. The molecule has 1 saturated heterocycles. The molecule has 1 aromatic rings. The van der Waals surface area contributed by atoms with Crippen LogP contribution >= 0.6 is 0 Å². The number of halogens is 1. The first kappa shape index (κ1) is 14.1. The van der Waals surface area contributed by atoms with Gasteiger partial charge in [-0.2, -0.15) is 0 Å². The summed E-state index contributed by atoms with van der Waals surface area (Å²) in [7, 11) is 0. The van der Waals surface area contributed by atoms with E-state index in [9.17, 15) is 9.18 Å². The number of amides is 1. The van der Waals surface area contributed by atoms with Crippen LogP contribution in [0.3, 0.4) is 0 Å². The number of hydrazine groups is 1. The van der Waals surface area contributed by atoms with Gasteiger partial charge in [0.25, 0.3) is 5.91 Å². The second-order valence-corrected chi connectivity index (χ2v) is 5.58. The fourth-order valence-electron chi connectivity index (χ4n) is 2.86. The van der Waals surface area contributed by atoms with Gasteiger partial charge in [-0.05, 0) is 30.5 Å². The van der Waals surface area contributed by atoms with Gasteiger partial charge < -0.3 is 9.91 Å². The average molecular weight is 289 g/mol. The van der Waals surface area contributed by atoms with Crippen molar-refractivity contribution in [2.45, 2.75) is 38.3 Å². The number of hydrogen-bond donors (Lipinski definition) is 1. The lowest BCUT2D eigenvalue weighted by Gasteiger charge is -2.31. The zero-order valence-corrected chi connectivity index (χ0v) is 12.1. The molecule has 2 aliphatic rings. The summed E-state index contributed by atoms with van der Waals surface area (Å²) in [5.74, 6) is -0.0979. The largest absolute Gasteiger partial charge is 0.316 e. The molecule has 2 aliphatic heterocycles. The van der Waals surface area contributed by atoms with Crippen molar-refractivity contribution in [3.8, 4) is 0 Å². The molecule has 0 aromatic heterocycles. The molecule has 21 heavy (non-hydrogen) atoms. The van der Waals surface area contributed by atoms with Crippen LogP contribution in [0.15, 0.2) is 36.7 Å². The van der Waals surface area contributed by atoms with Crippen LogP contribution < -0.4 is 5.43 Å². The van der Waals surface area contributed by atoms with Crippen LogP contribution in [-0.4, -0.2) is 28.4 Å². The first-order valence-corrected chi connectivity index (χ1v) is 7.48. The van der Waals surface area contributed by atoms with Gasteiger partial charge in [0.15, 0.2) is 0 Å². The van der Waals surface area contributed by atoms with Gasteiger partial charge in [0, 0.05) is 18.9 Å². The summed E-state index contributed by atoms with van der Waals surface area (Å²) in [6, 6.07) is 6.35. The summed E-state index contributed by atoms with van der Waals surface area (Å²) in [5, 5.41) is 1.87. The molecular weight excluding hydrogens is 269 g/mol. The van der Waals surface area contributed by atoms with Gasteiger partial charge in [-0.1, -0.05) is 25.5 Å². The van der Waals surface area contributed by atoms with Gasteiger partial charge in [-0.15, -0.1) is 0 Å². The summed E-state index contributed by atoms with van der Waals surface area (Å²) in [6.07, 6.45) is 6.55. The fraction of sp³-hybridized carbons (Fsp3) is 0.438. The third-order valence-corrected chi connectivity index (χ3v) is 4.10. The third-order valence-electron chi connectivity index (χ3n) is 4.10. The summed E-state index contributed by atoms with van der Waals surface area (Å²) >= 11 is 0. The Hall–Kier alpha value is -1.88. The van der Waals surface area contributed by atoms with E-state index in [4.69, 9.17) is 0 Å². The predicted molar refractivity (Wildman–Crippen MR) is 78.3 cm³/mol. The Bertz CT molecular complexity index is 543. The lowest BCUT2D eigenvalue weighted by atomic mass is 10.0. The maximum atomic E-state index is 13.0. The van der Waals surface area contributed by atoms with Gasteiger partial charge in [-0.3, -0.25) is 4.79 Å². The summed E-state index contributed by atoms with van der Waals surface area (Å²) in [6.45, 7) is 2.89. The van der Waals surface area contributed by atoms with Crippen LogP contribution in [0.5, 0.6) is 0 Å². The van der Waals surface area contributed by atoms with Crippen LogP contribution in [-0.2, 0) is 4.79 Å². The van der Waals surface area contributed by atoms with Gasteiger partial charge >= 0.3 is 0 Å². The molecule has 0 radical (unpaired) electrons. The number of fused-ring (bicyclic) bond motifs is 1. The van der Waals surface area contributed by atoms with E-state index in [0.29, 0.717) is 6.42 Å². The topological polar surface area (TPSA) is 35.6 Å². The molecule has 0 spiro atoms. The van der Waals surface area contributed by atoms with E-state index >= 15 is 0 Å². The number of benzene rings is 1. The van der Waals surface area contributed by atoms with Gasteiger partial charge in [0.1, 0.15) is 11.9 Å². The SMILES string of the molecule is CCCCN1C=CN2NC(c3ccc(F)cc3)CC2C1=O. The number of nitrogens with one attached hydrogen (secondary N) is 1. The maximum absolute atomic E-state index is 13.0. The lowest BCUT2D eigenvalue weighted by Crippen LogP contribution is -2.48. The Morgan fingerprint density at radius 1 is 1.29 bits per heavy atom. The molecule has 2 heterocycles. The Morgan fingerprint density at radius 3 is 2.76 bits per heavy atom. The molecule has 0 aliphatic carbocycles. The van der Waals surface area contributed by atoms with Crippen molar-refractivity contribution in [2.24, 2.45) is 0 Å². The highest BCUT2D eigenvalue weighted by atomic mass is 19.1. The van der Waals surface area contributed by atoms with Crippen LogP contribution in [0.25, 0.3) is 0 Å². The van der Waals surface area contributed by atoms with Gasteiger partial charge in [0.2, 0.25) is 0 Å². The number of carbonyl (C=O) groups is 1. The Kier molecular flexibility index (Phi) is 3.92. The monoisotopic (exact) mass is 289 g/mol. The molecule has 1 aromatic carbocycles. The van der Waals surface area contributed by atoms with Gasteiger partial charge in [-0.25, -0.2) is 9.82 Å². The Balaban J connectivity index is 1.71. The van der Waals surface area contributed by atoms with E-state index in [1.165, 1.54) is 12.1 Å². The number of carbonyl (C=O) groups excluding carboxylic acids is 1. The van der Waals surface area contributed by atoms with Crippen LogP contribution in [0.1, 0.15) is 37.8 Å². The zero-order valence-electron chi connectivity index (χ0n) is 12.1.